The monoisotopic (exact) mass is 333 g/mol. The van der Waals surface area contributed by atoms with Crippen molar-refractivity contribution in [2.24, 2.45) is 0 Å². The van der Waals surface area contributed by atoms with Gasteiger partial charge < -0.3 is 13.9 Å². The van der Waals surface area contributed by atoms with E-state index in [4.69, 9.17) is 20.9 Å². The van der Waals surface area contributed by atoms with Crippen LogP contribution in [0.3, 0.4) is 0 Å². The fraction of sp³-hybridized carbons (Fsp3) is 0.143. The van der Waals surface area contributed by atoms with Gasteiger partial charge in [0.05, 0.1) is 13.2 Å². The van der Waals surface area contributed by atoms with Gasteiger partial charge in [-0.25, -0.2) is 0 Å². The van der Waals surface area contributed by atoms with Crippen molar-refractivity contribution in [3.63, 3.8) is 0 Å². The average Bonchev–Trinajstić information content (AvgIpc) is 2.46. The van der Waals surface area contributed by atoms with Crippen LogP contribution in [0.15, 0.2) is 60.7 Å². The van der Waals surface area contributed by atoms with E-state index in [1.807, 2.05) is 60.7 Å². The first-order valence-electron chi connectivity index (χ1n) is 5.85. The van der Waals surface area contributed by atoms with Crippen molar-refractivity contribution in [1.29, 1.82) is 0 Å². The van der Waals surface area contributed by atoms with Crippen LogP contribution in [-0.4, -0.2) is 4.89 Å². The molecule has 0 bridgehead atoms. The summed E-state index contributed by atoms with van der Waals surface area (Å²) in [6.45, 7) is -2.68. The van der Waals surface area contributed by atoms with Crippen molar-refractivity contribution < 1.29 is 65.3 Å². The van der Waals surface area contributed by atoms with Gasteiger partial charge in [0.25, 0.3) is 0 Å². The molecule has 0 radical (unpaired) electrons. The van der Waals surface area contributed by atoms with Crippen LogP contribution in [0.5, 0.6) is 0 Å². The molecule has 0 fully saturated rings. The van der Waals surface area contributed by atoms with E-state index in [2.05, 4.69) is 0 Å². The molecule has 0 saturated carbocycles. The minimum absolute atomic E-state index is 0. The predicted octanol–water partition coefficient (Wildman–Crippen LogP) is 0.641. The molecule has 100 valence electrons. The van der Waals surface area contributed by atoms with E-state index >= 15 is 0 Å². The summed E-state index contributed by atoms with van der Waals surface area (Å²) in [5.41, 5.74) is 1.91. The van der Waals surface area contributed by atoms with Crippen molar-refractivity contribution in [3.8, 4) is 0 Å². The van der Waals surface area contributed by atoms with Gasteiger partial charge in [-0.1, -0.05) is 60.7 Å². The van der Waals surface area contributed by atoms with E-state index < -0.39 is 6.72 Å². The Balaban J connectivity index is 0.00000200. The van der Waals surface area contributed by atoms with Gasteiger partial charge in [-0.3, -0.25) is 0 Å². The van der Waals surface area contributed by atoms with E-state index in [1.54, 1.807) is 0 Å². The van der Waals surface area contributed by atoms with Crippen LogP contribution in [0.4, 0.5) is 0 Å². The summed E-state index contributed by atoms with van der Waals surface area (Å²) < 4.78 is 10.6. The standard InChI is InChI=1S/C14H15O3PS.K/c15-18(19,16-11-13-7-3-1-4-8-13)17-12-14-9-5-2-6-10-14;/h1-10H,11-12H2,(H,15,19);/q;+1. The molecule has 0 saturated heterocycles. The van der Waals surface area contributed by atoms with E-state index in [1.165, 1.54) is 0 Å². The number of hydrogen-bond donors (Lipinski definition) is 1. The van der Waals surface area contributed by atoms with Gasteiger partial charge in [0.15, 0.2) is 0 Å². The third-order valence-corrected chi connectivity index (χ3v) is 4.02. The predicted molar refractivity (Wildman–Crippen MR) is 79.0 cm³/mol. The molecule has 20 heavy (non-hydrogen) atoms. The van der Waals surface area contributed by atoms with Gasteiger partial charge in [0, 0.05) is 0 Å². The van der Waals surface area contributed by atoms with Crippen molar-refractivity contribution in [3.05, 3.63) is 71.8 Å². The fourth-order valence-electron chi connectivity index (χ4n) is 1.50. The summed E-state index contributed by atoms with van der Waals surface area (Å²) in [4.78, 5) is 9.92. The Morgan fingerprint density at radius 1 is 0.800 bits per heavy atom. The zero-order chi connectivity index (χ0) is 13.6. The second-order valence-electron chi connectivity index (χ2n) is 3.99. The van der Waals surface area contributed by atoms with Gasteiger partial charge >= 0.3 is 58.1 Å². The Kier molecular flexibility index (Phi) is 8.94. The second kappa shape index (κ2) is 9.59. The van der Waals surface area contributed by atoms with Crippen LogP contribution >= 0.6 is 6.72 Å². The first-order chi connectivity index (χ1) is 9.16. The maximum absolute atomic E-state index is 9.92. The summed E-state index contributed by atoms with van der Waals surface area (Å²) in [7, 11) is 0. The topological polar surface area (TPSA) is 38.7 Å². The van der Waals surface area contributed by atoms with Crippen LogP contribution in [-0.2, 0) is 34.1 Å². The molecule has 2 rings (SSSR count). The Bertz CT molecular complexity index is 503. The van der Waals surface area contributed by atoms with Crippen molar-refractivity contribution in [1.82, 2.24) is 0 Å². The molecule has 2 aromatic rings. The molecule has 2 aromatic carbocycles. The maximum Gasteiger partial charge on any atom is 1.00 e. The molecule has 6 heteroatoms. The molecule has 0 aliphatic heterocycles. The Morgan fingerprint density at radius 3 is 1.50 bits per heavy atom. The van der Waals surface area contributed by atoms with E-state index in [9.17, 15) is 4.89 Å². The molecule has 0 unspecified atom stereocenters. The van der Waals surface area contributed by atoms with Crippen LogP contribution in [0.2, 0.25) is 0 Å². The minimum atomic E-state index is -3.19. The molecule has 0 aromatic heterocycles. The average molecular weight is 333 g/mol. The molecular formula is C14H15KO3PS+. The third-order valence-electron chi connectivity index (χ3n) is 2.47. The van der Waals surface area contributed by atoms with Gasteiger partial charge in [0.1, 0.15) is 0 Å². The van der Waals surface area contributed by atoms with Gasteiger partial charge in [-0.2, -0.15) is 0 Å². The molecule has 0 aliphatic carbocycles. The summed E-state index contributed by atoms with van der Waals surface area (Å²) in [5.74, 6) is 0. The molecule has 0 spiro atoms. The zero-order valence-electron chi connectivity index (χ0n) is 11.3. The molecule has 0 amide bonds. The maximum atomic E-state index is 9.92. The smallest absolute Gasteiger partial charge is 0.324 e. The van der Waals surface area contributed by atoms with Gasteiger partial charge in [0.2, 0.25) is 0 Å². The molecule has 1 N–H and O–H groups in total. The Morgan fingerprint density at radius 2 is 1.15 bits per heavy atom. The number of hydrogen-bond acceptors (Lipinski definition) is 3. The summed E-state index contributed by atoms with van der Waals surface area (Å²) >= 11 is 4.96. The quantitative estimate of drug-likeness (QED) is 0.622. The second-order valence-corrected chi connectivity index (χ2v) is 6.82. The van der Waals surface area contributed by atoms with Crippen LogP contribution in [0.1, 0.15) is 11.1 Å². The van der Waals surface area contributed by atoms with Crippen LogP contribution in [0, 0.1) is 0 Å². The molecule has 0 aliphatic rings. The third kappa shape index (κ3) is 7.05. The van der Waals surface area contributed by atoms with E-state index in [0.29, 0.717) is 0 Å². The summed E-state index contributed by atoms with van der Waals surface area (Å²) in [6.07, 6.45) is 0. The summed E-state index contributed by atoms with van der Waals surface area (Å²) in [6, 6.07) is 19.1. The van der Waals surface area contributed by atoms with E-state index in [0.717, 1.165) is 11.1 Å². The Labute approximate surface area is 167 Å². The Hall–Kier alpha value is 0.606. The van der Waals surface area contributed by atoms with Crippen molar-refractivity contribution in [2.75, 3.05) is 0 Å². The zero-order valence-corrected chi connectivity index (χ0v) is 16.1. The molecule has 3 nitrogen and oxygen atoms in total. The normalized spacial score (nSPS) is 10.8. The van der Waals surface area contributed by atoms with Crippen LogP contribution in [0.25, 0.3) is 0 Å². The fourth-order valence-corrected chi connectivity index (χ4v) is 2.51. The SMILES string of the molecule is OP(=S)(OCc1ccccc1)OCc1ccccc1.[K+]. The van der Waals surface area contributed by atoms with Crippen molar-refractivity contribution in [2.45, 2.75) is 13.2 Å². The van der Waals surface area contributed by atoms with E-state index in [-0.39, 0.29) is 64.6 Å². The first-order valence-corrected chi connectivity index (χ1v) is 8.44. The number of rotatable bonds is 6. The van der Waals surface area contributed by atoms with Crippen LogP contribution < -0.4 is 51.4 Å². The number of benzene rings is 2. The van der Waals surface area contributed by atoms with Crippen molar-refractivity contribution >= 4 is 18.5 Å². The molecule has 0 heterocycles. The molecular weight excluding hydrogens is 318 g/mol. The molecule has 0 atom stereocenters. The largest absolute Gasteiger partial charge is 1.00 e. The first kappa shape index (κ1) is 18.7. The summed E-state index contributed by atoms with van der Waals surface area (Å²) in [5, 5.41) is 0. The minimum Gasteiger partial charge on any atom is -0.324 e. The van der Waals surface area contributed by atoms with Gasteiger partial charge in [-0.15, -0.1) is 0 Å². The van der Waals surface area contributed by atoms with Gasteiger partial charge in [-0.05, 0) is 22.9 Å².